The molecule has 1 aliphatic rings. The number of alkyl halides is 1. The van der Waals surface area contributed by atoms with Crippen LogP contribution in [0, 0.1) is 11.8 Å². The molecule has 1 atom stereocenters. The Morgan fingerprint density at radius 1 is 1.29 bits per heavy atom. The van der Waals surface area contributed by atoms with Crippen LogP contribution in [-0.2, 0) is 6.42 Å². The number of hydrogen-bond acceptors (Lipinski definition) is 0. The van der Waals surface area contributed by atoms with Gasteiger partial charge in [0, 0.05) is 14.8 Å². The van der Waals surface area contributed by atoms with E-state index in [-0.39, 0.29) is 0 Å². The number of benzene rings is 1. The molecule has 0 radical (unpaired) electrons. The number of halogens is 3. The fourth-order valence-electron chi connectivity index (χ4n) is 2.75. The first kappa shape index (κ1) is 13.9. The lowest BCUT2D eigenvalue weighted by molar-refractivity contribution is 0.373. The van der Waals surface area contributed by atoms with Crippen molar-refractivity contribution in [2.24, 2.45) is 11.8 Å². The third-order valence-electron chi connectivity index (χ3n) is 3.76. The Morgan fingerprint density at radius 2 is 2.00 bits per heavy atom. The van der Waals surface area contributed by atoms with Crippen LogP contribution in [0.2, 0.25) is 5.02 Å². The molecule has 0 aliphatic heterocycles. The van der Waals surface area contributed by atoms with Crippen LogP contribution in [-0.4, -0.2) is 5.33 Å². The van der Waals surface area contributed by atoms with E-state index in [0.29, 0.717) is 0 Å². The van der Waals surface area contributed by atoms with Crippen LogP contribution in [0.4, 0.5) is 0 Å². The van der Waals surface area contributed by atoms with E-state index in [9.17, 15) is 0 Å². The molecule has 0 nitrogen and oxygen atoms in total. The van der Waals surface area contributed by atoms with Gasteiger partial charge in [-0.1, -0.05) is 75.2 Å². The van der Waals surface area contributed by atoms with Gasteiger partial charge in [-0.25, -0.2) is 0 Å². The quantitative estimate of drug-likeness (QED) is 0.575. The fourth-order valence-corrected chi connectivity index (χ4v) is 4.25. The summed E-state index contributed by atoms with van der Waals surface area (Å²) in [6, 6.07) is 6.23. The minimum Gasteiger partial charge on any atom is -0.0925 e. The molecule has 0 N–H and O–H groups in total. The minimum atomic E-state index is 0.733. The Kier molecular flexibility index (Phi) is 5.38. The normalized spacial score (nSPS) is 18.5. The van der Waals surface area contributed by atoms with E-state index < -0.39 is 0 Å². The third-order valence-corrected chi connectivity index (χ3v) is 5.44. The third kappa shape index (κ3) is 3.71. The minimum absolute atomic E-state index is 0.733. The molecular formula is C14H17Br2Cl. The van der Waals surface area contributed by atoms with E-state index >= 15 is 0 Å². The van der Waals surface area contributed by atoms with Gasteiger partial charge in [0.25, 0.3) is 0 Å². The van der Waals surface area contributed by atoms with E-state index in [2.05, 4.69) is 44.0 Å². The van der Waals surface area contributed by atoms with Gasteiger partial charge in [-0.05, 0) is 36.0 Å². The molecule has 1 unspecified atom stereocenters. The molecule has 17 heavy (non-hydrogen) atoms. The largest absolute Gasteiger partial charge is 0.0925 e. The zero-order chi connectivity index (χ0) is 12.3. The Hall–Kier alpha value is 0.470. The SMILES string of the molecule is Clc1cc(Br)ccc1CC(CBr)C1CCCC1. The molecule has 1 aromatic carbocycles. The van der Waals surface area contributed by atoms with E-state index in [0.717, 1.165) is 33.1 Å². The van der Waals surface area contributed by atoms with Gasteiger partial charge in [0.05, 0.1) is 0 Å². The van der Waals surface area contributed by atoms with Gasteiger partial charge in [-0.2, -0.15) is 0 Å². The first-order valence-corrected chi connectivity index (χ1v) is 8.50. The van der Waals surface area contributed by atoms with E-state index in [1.54, 1.807) is 0 Å². The molecule has 1 saturated carbocycles. The highest BCUT2D eigenvalue weighted by molar-refractivity contribution is 9.10. The van der Waals surface area contributed by atoms with Crippen LogP contribution in [0.15, 0.2) is 22.7 Å². The van der Waals surface area contributed by atoms with Gasteiger partial charge in [0.1, 0.15) is 0 Å². The van der Waals surface area contributed by atoms with Gasteiger partial charge in [-0.3, -0.25) is 0 Å². The van der Waals surface area contributed by atoms with E-state index in [1.807, 2.05) is 6.07 Å². The lowest BCUT2D eigenvalue weighted by Crippen LogP contribution is -2.16. The molecule has 0 aromatic heterocycles. The Balaban J connectivity index is 2.06. The second kappa shape index (κ2) is 6.58. The van der Waals surface area contributed by atoms with Crippen LogP contribution in [0.25, 0.3) is 0 Å². The van der Waals surface area contributed by atoms with Crippen molar-refractivity contribution in [3.63, 3.8) is 0 Å². The topological polar surface area (TPSA) is 0 Å². The summed E-state index contributed by atoms with van der Waals surface area (Å²) in [6.07, 6.45) is 6.70. The summed E-state index contributed by atoms with van der Waals surface area (Å²) in [5.74, 6) is 1.62. The van der Waals surface area contributed by atoms with Crippen molar-refractivity contribution in [1.29, 1.82) is 0 Å². The highest BCUT2D eigenvalue weighted by Gasteiger charge is 2.24. The van der Waals surface area contributed by atoms with Gasteiger partial charge in [-0.15, -0.1) is 0 Å². The maximum Gasteiger partial charge on any atom is 0.0449 e. The number of rotatable bonds is 4. The van der Waals surface area contributed by atoms with Crippen LogP contribution in [0.3, 0.4) is 0 Å². The molecule has 1 fully saturated rings. The van der Waals surface area contributed by atoms with Crippen LogP contribution >= 0.6 is 43.5 Å². The molecular weight excluding hydrogens is 363 g/mol. The second-order valence-electron chi connectivity index (χ2n) is 4.90. The average Bonchev–Trinajstić information content (AvgIpc) is 2.81. The Bertz CT molecular complexity index is 372. The van der Waals surface area contributed by atoms with E-state index in [1.165, 1.54) is 31.2 Å². The van der Waals surface area contributed by atoms with Gasteiger partial charge >= 0.3 is 0 Å². The van der Waals surface area contributed by atoms with Crippen molar-refractivity contribution in [2.75, 3.05) is 5.33 Å². The highest BCUT2D eigenvalue weighted by atomic mass is 79.9. The molecule has 0 amide bonds. The predicted molar refractivity (Wildman–Crippen MR) is 82.1 cm³/mol. The average molecular weight is 381 g/mol. The van der Waals surface area contributed by atoms with Crippen LogP contribution < -0.4 is 0 Å². The lowest BCUT2D eigenvalue weighted by Gasteiger charge is -2.21. The molecule has 0 heterocycles. The van der Waals surface area contributed by atoms with Gasteiger partial charge in [0.2, 0.25) is 0 Å². The first-order chi connectivity index (χ1) is 8.20. The summed E-state index contributed by atoms with van der Waals surface area (Å²) in [5, 5.41) is 1.98. The highest BCUT2D eigenvalue weighted by Crippen LogP contribution is 2.35. The van der Waals surface area contributed by atoms with Gasteiger partial charge in [0.15, 0.2) is 0 Å². The zero-order valence-electron chi connectivity index (χ0n) is 9.76. The zero-order valence-corrected chi connectivity index (χ0v) is 13.7. The summed E-state index contributed by atoms with van der Waals surface area (Å²) >= 11 is 13.4. The summed E-state index contributed by atoms with van der Waals surface area (Å²) in [5.41, 5.74) is 1.28. The van der Waals surface area contributed by atoms with Crippen molar-refractivity contribution < 1.29 is 0 Å². The van der Waals surface area contributed by atoms with Crippen molar-refractivity contribution in [3.8, 4) is 0 Å². The van der Waals surface area contributed by atoms with Crippen molar-refractivity contribution in [2.45, 2.75) is 32.1 Å². The molecule has 1 aromatic rings. The Labute approximate surface area is 125 Å². The molecule has 94 valence electrons. The first-order valence-electron chi connectivity index (χ1n) is 6.20. The summed E-state index contributed by atoms with van der Waals surface area (Å²) in [4.78, 5) is 0. The smallest absolute Gasteiger partial charge is 0.0449 e. The lowest BCUT2D eigenvalue weighted by atomic mass is 9.87. The fraction of sp³-hybridized carbons (Fsp3) is 0.571. The molecule has 3 heteroatoms. The van der Waals surface area contributed by atoms with Crippen LogP contribution in [0.1, 0.15) is 31.2 Å². The Morgan fingerprint density at radius 3 is 2.59 bits per heavy atom. The summed E-state index contributed by atoms with van der Waals surface area (Å²) < 4.78 is 1.06. The van der Waals surface area contributed by atoms with Crippen molar-refractivity contribution >= 4 is 43.5 Å². The monoisotopic (exact) mass is 378 g/mol. The van der Waals surface area contributed by atoms with Crippen molar-refractivity contribution in [1.82, 2.24) is 0 Å². The predicted octanol–water partition coefficient (Wildman–Crippen LogP) is 5.85. The molecule has 0 bridgehead atoms. The maximum atomic E-state index is 6.29. The maximum absolute atomic E-state index is 6.29. The van der Waals surface area contributed by atoms with E-state index in [4.69, 9.17) is 11.6 Å². The standard InChI is InChI=1S/C14H17Br2Cl/c15-9-12(10-3-1-2-4-10)7-11-5-6-13(16)8-14(11)17/h5-6,8,10,12H,1-4,7,9H2. The summed E-state index contributed by atoms with van der Waals surface area (Å²) in [6.45, 7) is 0. The number of hydrogen-bond donors (Lipinski definition) is 0. The molecule has 1 aliphatic carbocycles. The second-order valence-corrected chi connectivity index (χ2v) is 6.87. The van der Waals surface area contributed by atoms with Gasteiger partial charge < -0.3 is 0 Å². The summed E-state index contributed by atoms with van der Waals surface area (Å²) in [7, 11) is 0. The van der Waals surface area contributed by atoms with Crippen LogP contribution in [0.5, 0.6) is 0 Å². The molecule has 2 rings (SSSR count). The molecule has 0 spiro atoms. The van der Waals surface area contributed by atoms with Crippen molar-refractivity contribution in [3.05, 3.63) is 33.3 Å². The molecule has 0 saturated heterocycles.